The number of hydrogen-bond acceptors (Lipinski definition) is 10. The van der Waals surface area contributed by atoms with Gasteiger partial charge >= 0.3 is 21.5 Å². The molecule has 1 aliphatic rings. The monoisotopic (exact) mass is 687 g/mol. The molecule has 1 saturated heterocycles. The molecule has 0 aromatic heterocycles. The number of nitro benzene ring substituents is 3. The summed E-state index contributed by atoms with van der Waals surface area (Å²) in [5, 5.41) is 31.7. The van der Waals surface area contributed by atoms with Crippen molar-refractivity contribution in [1.82, 2.24) is 9.80 Å². The van der Waals surface area contributed by atoms with Crippen molar-refractivity contribution in [3.05, 3.63) is 42.5 Å². The van der Waals surface area contributed by atoms with Gasteiger partial charge in [0, 0.05) is 0 Å². The molecular weight excluding hydrogens is 630 g/mol. The molecule has 0 spiro atoms. The van der Waals surface area contributed by atoms with Crippen LogP contribution >= 0.6 is 0 Å². The van der Waals surface area contributed by atoms with Crippen molar-refractivity contribution < 1.29 is 27.7 Å². The SMILES string of the molecule is CCCCCN(CCCCC)CCCCCCCCCCCN1CCCCC1.O=[N+]([O-])c1cc([N+](=O)[O-])c(S(=O)(=O)O)c([N+](=O)[O-])c1. The van der Waals surface area contributed by atoms with E-state index in [-0.39, 0.29) is 12.1 Å². The van der Waals surface area contributed by atoms with E-state index in [2.05, 4.69) is 23.6 Å². The molecule has 14 nitrogen and oxygen atoms in total. The van der Waals surface area contributed by atoms with Crippen LogP contribution in [0.1, 0.15) is 129 Å². The molecule has 0 atom stereocenters. The van der Waals surface area contributed by atoms with Crippen molar-refractivity contribution in [2.45, 2.75) is 134 Å². The smallest absolute Gasteiger partial charge is 0.303 e. The molecule has 1 heterocycles. The third kappa shape index (κ3) is 18.4. The minimum Gasteiger partial charge on any atom is -0.303 e. The van der Waals surface area contributed by atoms with Crippen molar-refractivity contribution >= 4 is 27.2 Å². The molecule has 0 radical (unpaired) electrons. The summed E-state index contributed by atoms with van der Waals surface area (Å²) in [7, 11) is -5.30. The Balaban J connectivity index is 0.000000506. The molecule has 0 saturated carbocycles. The lowest BCUT2D eigenvalue weighted by atomic mass is 10.1. The van der Waals surface area contributed by atoms with Crippen LogP contribution in [0, 0.1) is 30.3 Å². The summed E-state index contributed by atoms with van der Waals surface area (Å²) in [6.07, 6.45) is 25.8. The Hall–Kier alpha value is -2.75. The van der Waals surface area contributed by atoms with Crippen LogP contribution in [0.25, 0.3) is 0 Å². The van der Waals surface area contributed by atoms with Crippen LogP contribution in [0.3, 0.4) is 0 Å². The van der Waals surface area contributed by atoms with Gasteiger partial charge in [0.25, 0.3) is 5.69 Å². The first kappa shape index (κ1) is 42.3. The lowest BCUT2D eigenvalue weighted by Gasteiger charge is -2.26. The lowest BCUT2D eigenvalue weighted by molar-refractivity contribution is -0.407. The summed E-state index contributed by atoms with van der Waals surface area (Å²) in [4.78, 5) is 31.6. The van der Waals surface area contributed by atoms with E-state index in [1.807, 2.05) is 0 Å². The van der Waals surface area contributed by atoms with Crippen molar-refractivity contribution in [3.63, 3.8) is 0 Å². The average molecular weight is 688 g/mol. The first-order valence-electron chi connectivity index (χ1n) is 17.5. The minimum atomic E-state index is -5.30. The van der Waals surface area contributed by atoms with Crippen molar-refractivity contribution in [1.29, 1.82) is 0 Å². The second kappa shape index (κ2) is 24.4. The topological polar surface area (TPSA) is 190 Å². The first-order chi connectivity index (χ1) is 22.4. The second-order valence-corrected chi connectivity index (χ2v) is 13.8. The predicted molar refractivity (Wildman–Crippen MR) is 184 cm³/mol. The van der Waals surface area contributed by atoms with Crippen LogP contribution < -0.4 is 0 Å². The van der Waals surface area contributed by atoms with Crippen LogP contribution in [0.5, 0.6) is 0 Å². The quantitative estimate of drug-likeness (QED) is 0.0476. The second-order valence-electron chi connectivity index (χ2n) is 12.4. The molecule has 0 aliphatic carbocycles. The number of unbranched alkanes of at least 4 members (excludes halogenated alkanes) is 12. The number of non-ortho nitro benzene ring substituents is 1. The van der Waals surface area contributed by atoms with Gasteiger partial charge in [-0.15, -0.1) is 0 Å². The number of hydrogen-bond donors (Lipinski definition) is 1. The zero-order chi connectivity index (χ0) is 35.1. The van der Waals surface area contributed by atoms with Crippen LogP contribution in [-0.4, -0.2) is 76.8 Å². The number of piperidine rings is 1. The van der Waals surface area contributed by atoms with Gasteiger partial charge in [-0.3, -0.25) is 34.9 Å². The summed E-state index contributed by atoms with van der Waals surface area (Å²) in [6, 6.07) is 0.409. The Morgan fingerprint density at radius 2 is 1.06 bits per heavy atom. The van der Waals surface area contributed by atoms with E-state index in [4.69, 9.17) is 4.55 Å². The minimum absolute atomic E-state index is 0.204. The highest BCUT2D eigenvalue weighted by molar-refractivity contribution is 7.86. The standard InChI is InChI=1S/C26H54N2.C6H3N3O9S/c1-3-5-15-21-27(22-16-6-4-2)23-17-12-10-8-7-9-11-13-18-24-28-25-19-14-20-26-28;10-7(11)3-1-4(8(12)13)6(19(16,17)18)5(2-3)9(14)15/h3-26H2,1-2H3;1-2H,(H,16,17,18). The molecule has 0 amide bonds. The number of benzene rings is 1. The van der Waals surface area contributed by atoms with E-state index >= 15 is 0 Å². The van der Waals surface area contributed by atoms with E-state index in [0.29, 0.717) is 0 Å². The summed E-state index contributed by atoms with van der Waals surface area (Å²) >= 11 is 0. The maximum absolute atomic E-state index is 10.9. The molecular formula is C32H57N5O9S. The molecule has 1 aromatic carbocycles. The zero-order valence-electron chi connectivity index (χ0n) is 28.5. The van der Waals surface area contributed by atoms with E-state index in [1.165, 1.54) is 155 Å². The summed E-state index contributed by atoms with van der Waals surface area (Å²) in [6.45, 7) is 12.8. The maximum Gasteiger partial charge on any atom is 0.308 e. The molecule has 47 heavy (non-hydrogen) atoms. The highest BCUT2D eigenvalue weighted by Crippen LogP contribution is 2.36. The molecule has 1 fully saturated rings. The largest absolute Gasteiger partial charge is 0.308 e. The Kier molecular flexibility index (Phi) is 21.9. The van der Waals surface area contributed by atoms with Gasteiger partial charge in [0.1, 0.15) is 0 Å². The third-order valence-electron chi connectivity index (χ3n) is 8.45. The van der Waals surface area contributed by atoms with E-state index in [9.17, 15) is 38.8 Å². The van der Waals surface area contributed by atoms with Gasteiger partial charge in [-0.25, -0.2) is 0 Å². The van der Waals surface area contributed by atoms with Gasteiger partial charge in [-0.05, 0) is 77.8 Å². The number of nitro groups is 3. The fourth-order valence-electron chi connectivity index (χ4n) is 5.82. The normalized spacial score (nSPS) is 13.7. The van der Waals surface area contributed by atoms with Gasteiger partial charge in [0.05, 0.1) is 26.9 Å². The highest BCUT2D eigenvalue weighted by Gasteiger charge is 2.37. The number of likely N-dealkylation sites (tertiary alicyclic amines) is 1. The summed E-state index contributed by atoms with van der Waals surface area (Å²) in [5.74, 6) is 0. The summed E-state index contributed by atoms with van der Waals surface area (Å²) < 4.78 is 30.7. The molecule has 1 aliphatic heterocycles. The fraction of sp³-hybridized carbons (Fsp3) is 0.812. The van der Waals surface area contributed by atoms with Crippen LogP contribution in [0.4, 0.5) is 17.1 Å². The van der Waals surface area contributed by atoms with E-state index < -0.39 is 46.8 Å². The fourth-order valence-corrected chi connectivity index (χ4v) is 6.62. The van der Waals surface area contributed by atoms with E-state index in [0.717, 1.165) is 0 Å². The Bertz CT molecular complexity index is 1130. The maximum atomic E-state index is 10.9. The summed E-state index contributed by atoms with van der Waals surface area (Å²) in [5.41, 5.74) is -3.96. The van der Waals surface area contributed by atoms with Gasteiger partial charge in [-0.1, -0.05) is 90.9 Å². The highest BCUT2D eigenvalue weighted by atomic mass is 32.2. The van der Waals surface area contributed by atoms with Gasteiger partial charge in [0.2, 0.25) is 4.90 Å². The average Bonchev–Trinajstić information content (AvgIpc) is 3.03. The predicted octanol–water partition coefficient (Wildman–Crippen LogP) is 8.32. The zero-order valence-corrected chi connectivity index (χ0v) is 29.3. The van der Waals surface area contributed by atoms with Crippen LogP contribution in [0.15, 0.2) is 17.0 Å². The van der Waals surface area contributed by atoms with Crippen molar-refractivity contribution in [2.75, 3.05) is 39.3 Å². The van der Waals surface area contributed by atoms with Crippen molar-refractivity contribution in [2.24, 2.45) is 0 Å². The molecule has 1 N–H and O–H groups in total. The van der Waals surface area contributed by atoms with Crippen LogP contribution in [0.2, 0.25) is 0 Å². The number of nitrogens with zero attached hydrogens (tertiary/aromatic N) is 5. The van der Waals surface area contributed by atoms with Gasteiger partial charge < -0.3 is 9.80 Å². The first-order valence-corrected chi connectivity index (χ1v) is 18.9. The molecule has 15 heteroatoms. The Labute approximate surface area is 280 Å². The Morgan fingerprint density at radius 3 is 1.45 bits per heavy atom. The Morgan fingerprint density at radius 1 is 0.660 bits per heavy atom. The molecule has 0 unspecified atom stereocenters. The molecule has 0 bridgehead atoms. The van der Waals surface area contributed by atoms with Crippen LogP contribution in [-0.2, 0) is 10.1 Å². The number of rotatable bonds is 24. The van der Waals surface area contributed by atoms with Gasteiger partial charge in [-0.2, -0.15) is 8.42 Å². The molecule has 270 valence electrons. The lowest BCUT2D eigenvalue weighted by Crippen LogP contribution is -2.30. The molecule has 1 aromatic rings. The van der Waals surface area contributed by atoms with E-state index in [1.54, 1.807) is 0 Å². The van der Waals surface area contributed by atoms with Gasteiger partial charge in [0.15, 0.2) is 0 Å². The third-order valence-corrected chi connectivity index (χ3v) is 9.38. The van der Waals surface area contributed by atoms with Crippen molar-refractivity contribution in [3.8, 4) is 0 Å². The molecule has 2 rings (SSSR count).